The van der Waals surface area contributed by atoms with E-state index in [4.69, 9.17) is 0 Å². The normalized spacial score (nSPS) is 14.2. The maximum Gasteiger partial charge on any atom is 0.124 e. The van der Waals surface area contributed by atoms with Gasteiger partial charge >= 0.3 is 0 Å². The number of aryl methyl sites for hydroxylation is 1. The third kappa shape index (κ3) is 14.6. The van der Waals surface area contributed by atoms with Crippen LogP contribution in [0.1, 0.15) is 76.3 Å². The maximum atomic E-state index is 11.5. The Hall–Kier alpha value is -0.290. The molecule has 0 amide bonds. The zero-order chi connectivity index (χ0) is 27.0. The predicted octanol–water partition coefficient (Wildman–Crippen LogP) is 5.19. The molecule has 1 aromatic rings. The molecule has 0 aliphatic heterocycles. The number of rotatable bonds is 21. The first-order valence-corrected chi connectivity index (χ1v) is 17.1. The molecule has 9 heteroatoms. The van der Waals surface area contributed by atoms with Gasteiger partial charge in [0.15, 0.2) is 0 Å². The molecule has 6 nitrogen and oxygen atoms in total. The van der Waals surface area contributed by atoms with Crippen molar-refractivity contribution in [3.05, 3.63) is 29.3 Å². The van der Waals surface area contributed by atoms with Gasteiger partial charge in [-0.2, -0.15) is 11.8 Å². The van der Waals surface area contributed by atoms with Crippen molar-refractivity contribution in [1.82, 2.24) is 0 Å². The van der Waals surface area contributed by atoms with Gasteiger partial charge in [-0.3, -0.25) is 0 Å². The molecular formula is C27H49NO5S3. The van der Waals surface area contributed by atoms with Crippen LogP contribution in [0.25, 0.3) is 0 Å². The summed E-state index contributed by atoms with van der Waals surface area (Å²) in [5, 5.41) is 20.9. The van der Waals surface area contributed by atoms with E-state index in [0.717, 1.165) is 72.6 Å². The molecule has 2 N–H and O–H groups in total. The Labute approximate surface area is 229 Å². The van der Waals surface area contributed by atoms with Crippen molar-refractivity contribution in [2.24, 2.45) is 0 Å². The fraction of sp³-hybridized carbons (Fsp3) is 0.778. The van der Waals surface area contributed by atoms with Crippen LogP contribution in [-0.2, 0) is 16.5 Å². The van der Waals surface area contributed by atoms with E-state index in [2.05, 4.69) is 20.9 Å². The van der Waals surface area contributed by atoms with E-state index >= 15 is 0 Å². The summed E-state index contributed by atoms with van der Waals surface area (Å²) in [6.07, 6.45) is 8.92. The second-order valence-corrected chi connectivity index (χ2v) is 14.0. The average Bonchev–Trinajstić information content (AvgIpc) is 2.79. The van der Waals surface area contributed by atoms with Crippen LogP contribution >= 0.6 is 23.5 Å². The zero-order valence-electron chi connectivity index (χ0n) is 22.8. The van der Waals surface area contributed by atoms with E-state index < -0.39 is 15.6 Å². The first-order chi connectivity index (χ1) is 17.0. The van der Waals surface area contributed by atoms with E-state index in [1.807, 2.05) is 18.7 Å². The maximum absolute atomic E-state index is 11.5. The van der Waals surface area contributed by atoms with Gasteiger partial charge in [-0.05, 0) is 50.0 Å². The lowest BCUT2D eigenvalue weighted by Crippen LogP contribution is -2.50. The molecule has 0 aliphatic rings. The lowest BCUT2D eigenvalue weighted by atomic mass is 10.1. The zero-order valence-corrected chi connectivity index (χ0v) is 25.2. The van der Waals surface area contributed by atoms with Crippen molar-refractivity contribution >= 4 is 33.6 Å². The molecule has 210 valence electrons. The Balaban J connectivity index is 2.20. The smallest absolute Gasteiger partial charge is 0.124 e. The average molecular weight is 564 g/mol. The standard InChI is InChI=1S/C27H49NO5S3/c1-5-7-15-28(4,16-8-6-2)22-25(29)12-10-9-11-17-34-18-19-35-27(30)21-24-20-23(3)13-14-26(24)36(31,32)33/h13-14,20,25,27,29-30H,5-12,15-19,21-22H2,1-4H3. The highest BCUT2D eigenvalue weighted by Gasteiger charge is 2.24. The van der Waals surface area contributed by atoms with Crippen LogP contribution in [-0.4, -0.2) is 83.1 Å². The molecule has 0 aliphatic carbocycles. The summed E-state index contributed by atoms with van der Waals surface area (Å²) < 4.78 is 35.4. The van der Waals surface area contributed by atoms with Crippen molar-refractivity contribution < 1.29 is 27.7 Å². The predicted molar refractivity (Wildman–Crippen MR) is 154 cm³/mol. The summed E-state index contributed by atoms with van der Waals surface area (Å²) in [6, 6.07) is 4.59. The Morgan fingerprint density at radius 2 is 1.64 bits per heavy atom. The van der Waals surface area contributed by atoms with Crippen LogP contribution in [0.4, 0.5) is 0 Å². The van der Waals surface area contributed by atoms with Crippen LogP contribution in [0.3, 0.4) is 0 Å². The molecule has 0 bridgehead atoms. The van der Waals surface area contributed by atoms with Crippen LogP contribution in [0.2, 0.25) is 0 Å². The molecular weight excluding hydrogens is 515 g/mol. The van der Waals surface area contributed by atoms with Gasteiger partial charge in [0.05, 0.1) is 25.0 Å². The Kier molecular flexibility index (Phi) is 16.9. The number of thioether (sulfide) groups is 2. The van der Waals surface area contributed by atoms with E-state index in [0.29, 0.717) is 5.56 Å². The summed E-state index contributed by atoms with van der Waals surface area (Å²) in [7, 11) is -2.25. The van der Waals surface area contributed by atoms with Gasteiger partial charge in [-0.1, -0.05) is 57.2 Å². The Morgan fingerprint density at radius 1 is 0.972 bits per heavy atom. The van der Waals surface area contributed by atoms with E-state index in [1.54, 1.807) is 12.1 Å². The molecule has 0 saturated carbocycles. The summed E-state index contributed by atoms with van der Waals surface area (Å²) >= 11 is 3.24. The fourth-order valence-corrected chi connectivity index (χ4v) is 7.18. The number of aliphatic hydroxyl groups is 2. The molecule has 0 heterocycles. The van der Waals surface area contributed by atoms with Crippen molar-refractivity contribution in [1.29, 1.82) is 0 Å². The van der Waals surface area contributed by atoms with Gasteiger partial charge in [0.1, 0.15) is 28.2 Å². The highest BCUT2D eigenvalue weighted by Crippen LogP contribution is 2.23. The second kappa shape index (κ2) is 18.1. The highest BCUT2D eigenvalue weighted by molar-refractivity contribution is 8.03. The van der Waals surface area contributed by atoms with E-state index in [9.17, 15) is 23.2 Å². The highest BCUT2D eigenvalue weighted by atomic mass is 32.2. The Morgan fingerprint density at radius 3 is 2.25 bits per heavy atom. The lowest BCUT2D eigenvalue weighted by molar-refractivity contribution is -0.913. The van der Waals surface area contributed by atoms with Gasteiger partial charge in [0.25, 0.3) is 0 Å². The van der Waals surface area contributed by atoms with Crippen LogP contribution in [0.5, 0.6) is 0 Å². The fourth-order valence-electron chi connectivity index (χ4n) is 4.44. The number of nitrogens with zero attached hydrogens (tertiary/aromatic N) is 1. The number of likely N-dealkylation sites (N-methyl/N-ethyl adjacent to an activating group) is 1. The third-order valence-corrected chi connectivity index (χ3v) is 9.76. The number of aliphatic hydroxyl groups excluding tert-OH is 2. The number of quaternary nitrogens is 1. The summed E-state index contributed by atoms with van der Waals surface area (Å²) in [5.74, 6) is 2.74. The van der Waals surface area contributed by atoms with E-state index in [-0.39, 0.29) is 17.4 Å². The van der Waals surface area contributed by atoms with Crippen LogP contribution in [0.15, 0.2) is 23.1 Å². The molecule has 2 atom stereocenters. The molecule has 0 aromatic heterocycles. The number of hydrogen-bond acceptors (Lipinski definition) is 7. The molecule has 0 spiro atoms. The van der Waals surface area contributed by atoms with Gasteiger partial charge in [-0.25, -0.2) is 8.42 Å². The van der Waals surface area contributed by atoms with Gasteiger partial charge in [-0.15, -0.1) is 11.8 Å². The van der Waals surface area contributed by atoms with Crippen molar-refractivity contribution in [3.8, 4) is 0 Å². The molecule has 36 heavy (non-hydrogen) atoms. The molecule has 2 unspecified atom stereocenters. The molecule has 0 fully saturated rings. The third-order valence-electron chi connectivity index (χ3n) is 6.50. The van der Waals surface area contributed by atoms with Crippen LogP contribution < -0.4 is 0 Å². The van der Waals surface area contributed by atoms with Gasteiger partial charge in [0, 0.05) is 17.9 Å². The molecule has 0 radical (unpaired) electrons. The minimum absolute atomic E-state index is 0.144. The minimum Gasteiger partial charge on any atom is -0.744 e. The number of hydrogen-bond donors (Lipinski definition) is 2. The summed E-state index contributed by atoms with van der Waals surface area (Å²) in [5.41, 5.74) is 0.501. The van der Waals surface area contributed by atoms with Crippen molar-refractivity contribution in [3.63, 3.8) is 0 Å². The first kappa shape index (κ1) is 33.7. The van der Waals surface area contributed by atoms with Crippen molar-refractivity contribution in [2.45, 2.75) is 95.0 Å². The quantitative estimate of drug-likeness (QED) is 0.0919. The number of unbranched alkanes of at least 4 members (excludes halogenated alkanes) is 4. The first-order valence-electron chi connectivity index (χ1n) is 13.4. The monoisotopic (exact) mass is 563 g/mol. The van der Waals surface area contributed by atoms with Crippen molar-refractivity contribution in [2.75, 3.05) is 43.9 Å². The summed E-state index contributed by atoms with van der Waals surface area (Å²) in [6.45, 7) is 9.45. The Bertz CT molecular complexity index is 827. The number of benzene rings is 1. The molecule has 1 rings (SSSR count). The van der Waals surface area contributed by atoms with Gasteiger partial charge < -0.3 is 19.2 Å². The second-order valence-electron chi connectivity index (χ2n) is 10.2. The SMILES string of the molecule is CCCC[N+](C)(CCCC)CC(O)CCCCCSCCSC(O)Cc1cc(C)ccc1S(=O)(=O)[O-]. The molecule has 1 aromatic carbocycles. The van der Waals surface area contributed by atoms with Gasteiger partial charge in [0.2, 0.25) is 0 Å². The lowest BCUT2D eigenvalue weighted by Gasteiger charge is -2.36. The summed E-state index contributed by atoms with van der Waals surface area (Å²) in [4.78, 5) is -0.238. The topological polar surface area (TPSA) is 97.7 Å². The largest absolute Gasteiger partial charge is 0.744 e. The molecule has 0 saturated heterocycles. The van der Waals surface area contributed by atoms with Crippen LogP contribution in [0, 0.1) is 6.92 Å². The van der Waals surface area contributed by atoms with E-state index in [1.165, 1.54) is 43.5 Å². The minimum atomic E-state index is -4.55.